The van der Waals surface area contributed by atoms with E-state index in [1.54, 1.807) is 12.3 Å². The van der Waals surface area contributed by atoms with Crippen LogP contribution >= 0.6 is 15.9 Å². The Morgan fingerprint density at radius 1 is 1.11 bits per heavy atom. The van der Waals surface area contributed by atoms with Crippen LogP contribution in [0, 0.1) is 0 Å². The van der Waals surface area contributed by atoms with Gasteiger partial charge in [0, 0.05) is 24.3 Å². The Morgan fingerprint density at radius 2 is 1.92 bits per heavy atom. The van der Waals surface area contributed by atoms with Gasteiger partial charge in [0.1, 0.15) is 15.9 Å². The molecule has 5 aromatic rings. The summed E-state index contributed by atoms with van der Waals surface area (Å²) in [6.45, 7) is 0. The molecular weight excluding hydrogens is 558 g/mol. The maximum absolute atomic E-state index is 12.7. The van der Waals surface area contributed by atoms with Crippen LogP contribution in [-0.2, 0) is 6.42 Å². The number of rotatable bonds is 5. The van der Waals surface area contributed by atoms with Crippen molar-refractivity contribution in [2.24, 2.45) is 0 Å². The zero-order valence-corrected chi connectivity index (χ0v) is 21.2. The van der Waals surface area contributed by atoms with Gasteiger partial charge in [-0.3, -0.25) is 9.36 Å². The molecule has 9 nitrogen and oxygen atoms in total. The van der Waals surface area contributed by atoms with Gasteiger partial charge in [-0.25, -0.2) is 33.7 Å². The number of amides is 1. The number of hydrogen-bond donors (Lipinski definition) is 2. The highest BCUT2D eigenvalue weighted by atomic mass is 79.9. The van der Waals surface area contributed by atoms with Crippen molar-refractivity contribution in [3.05, 3.63) is 88.2 Å². The van der Waals surface area contributed by atoms with Crippen molar-refractivity contribution < 1.29 is 13.6 Å². The largest absolute Gasteiger partial charge is 0.383 e. The second-order valence-corrected chi connectivity index (χ2v) is 9.57. The molecule has 12 heteroatoms. The molecule has 0 bridgehead atoms. The molecule has 0 radical (unpaired) electrons. The highest BCUT2D eigenvalue weighted by Gasteiger charge is 2.26. The molecule has 38 heavy (non-hydrogen) atoms. The monoisotopic (exact) mass is 576 g/mol. The Balaban J connectivity index is 1.35. The van der Waals surface area contributed by atoms with Gasteiger partial charge in [0.25, 0.3) is 12.3 Å². The minimum Gasteiger partial charge on any atom is -0.383 e. The summed E-state index contributed by atoms with van der Waals surface area (Å²) in [5, 5.41) is 2.97. The van der Waals surface area contributed by atoms with E-state index in [0.717, 1.165) is 35.6 Å². The summed E-state index contributed by atoms with van der Waals surface area (Å²) >= 11 is 3.45. The lowest BCUT2D eigenvalue weighted by Gasteiger charge is -2.15. The zero-order chi connectivity index (χ0) is 26.4. The Labute approximate surface area is 223 Å². The molecule has 1 amide bonds. The number of anilines is 1. The summed E-state index contributed by atoms with van der Waals surface area (Å²) in [7, 11) is 0. The van der Waals surface area contributed by atoms with Gasteiger partial charge in [-0.05, 0) is 76.3 Å². The molecule has 0 aliphatic heterocycles. The Kier molecular flexibility index (Phi) is 6.03. The van der Waals surface area contributed by atoms with Crippen LogP contribution in [0.2, 0.25) is 0 Å². The molecular formula is C26H19BrF2N8O. The van der Waals surface area contributed by atoms with E-state index in [1.807, 2.05) is 34.9 Å². The number of aryl methyl sites for hydroxylation is 1. The predicted octanol–water partition coefficient (Wildman–Crippen LogP) is 4.97. The number of nitrogens with two attached hydrogens (primary N) is 1. The molecule has 0 unspecified atom stereocenters. The quantitative estimate of drug-likeness (QED) is 0.283. The zero-order valence-electron chi connectivity index (χ0n) is 19.6. The van der Waals surface area contributed by atoms with Gasteiger partial charge in [-0.15, -0.1) is 0 Å². The van der Waals surface area contributed by atoms with Gasteiger partial charge >= 0.3 is 0 Å². The number of nitrogens with one attached hydrogen (secondary N) is 1. The molecule has 6 rings (SSSR count). The van der Waals surface area contributed by atoms with Crippen LogP contribution in [0.25, 0.3) is 28.2 Å². The lowest BCUT2D eigenvalue weighted by molar-refractivity contribution is 0.0934. The van der Waals surface area contributed by atoms with Crippen molar-refractivity contribution in [1.29, 1.82) is 0 Å². The number of carbonyl (C=O) groups is 1. The molecule has 4 heterocycles. The molecule has 0 saturated heterocycles. The fraction of sp³-hybridized carbons (Fsp3) is 0.154. The Morgan fingerprint density at radius 3 is 2.68 bits per heavy atom. The van der Waals surface area contributed by atoms with E-state index in [-0.39, 0.29) is 11.6 Å². The summed E-state index contributed by atoms with van der Waals surface area (Å²) in [4.78, 5) is 33.6. The average Bonchev–Trinajstić information content (AvgIpc) is 3.49. The average molecular weight is 577 g/mol. The first-order valence-corrected chi connectivity index (χ1v) is 12.5. The van der Waals surface area contributed by atoms with Crippen LogP contribution in [0.4, 0.5) is 14.6 Å². The first kappa shape index (κ1) is 24.0. The van der Waals surface area contributed by atoms with E-state index in [0.29, 0.717) is 39.4 Å². The number of halogens is 3. The van der Waals surface area contributed by atoms with Gasteiger partial charge in [0.2, 0.25) is 0 Å². The number of nitrogen functional groups attached to an aromatic ring is 1. The first-order valence-electron chi connectivity index (χ1n) is 11.7. The van der Waals surface area contributed by atoms with Crippen LogP contribution in [0.3, 0.4) is 0 Å². The van der Waals surface area contributed by atoms with E-state index in [9.17, 15) is 13.6 Å². The fourth-order valence-electron chi connectivity index (χ4n) is 4.67. The Bertz CT molecular complexity index is 1690. The number of imidazole rings is 1. The summed E-state index contributed by atoms with van der Waals surface area (Å²) in [6, 6.07) is 13.1. The molecule has 1 aliphatic carbocycles. The summed E-state index contributed by atoms with van der Waals surface area (Å²) in [5.74, 6) is -0.0538. The maximum atomic E-state index is 12.7. The minimum atomic E-state index is -2.79. The van der Waals surface area contributed by atoms with Crippen molar-refractivity contribution in [2.45, 2.75) is 25.3 Å². The first-order chi connectivity index (χ1) is 18.4. The SMILES string of the molecule is Nc1ncccc1-c1nc2ccc(Br)nc2n1-c1ccc2c(c1)CC[C@@H]2NC(=O)c1cnc(C(F)F)nc1. The van der Waals surface area contributed by atoms with Crippen LogP contribution in [0.5, 0.6) is 0 Å². The number of hydrogen-bond acceptors (Lipinski definition) is 7. The van der Waals surface area contributed by atoms with E-state index >= 15 is 0 Å². The highest BCUT2D eigenvalue weighted by Crippen LogP contribution is 2.36. The van der Waals surface area contributed by atoms with Crippen LogP contribution in [-0.4, -0.2) is 35.4 Å². The van der Waals surface area contributed by atoms with Crippen LogP contribution in [0.15, 0.2) is 65.7 Å². The van der Waals surface area contributed by atoms with Gasteiger partial charge in [-0.2, -0.15) is 0 Å². The summed E-state index contributed by atoms with van der Waals surface area (Å²) in [6.07, 6.45) is 2.50. The molecule has 0 spiro atoms. The van der Waals surface area contributed by atoms with Crippen LogP contribution in [0.1, 0.15) is 46.2 Å². The number of fused-ring (bicyclic) bond motifs is 2. The second-order valence-electron chi connectivity index (χ2n) is 8.76. The molecule has 1 aliphatic rings. The van der Waals surface area contributed by atoms with Gasteiger partial charge in [0.05, 0.1) is 17.2 Å². The lowest BCUT2D eigenvalue weighted by atomic mass is 10.1. The minimum absolute atomic E-state index is 0.125. The van der Waals surface area contributed by atoms with E-state index in [4.69, 9.17) is 10.7 Å². The van der Waals surface area contributed by atoms with E-state index < -0.39 is 18.2 Å². The molecule has 1 atom stereocenters. The number of alkyl halides is 2. The third-order valence-electron chi connectivity index (χ3n) is 6.45. The molecule has 190 valence electrons. The molecule has 3 N–H and O–H groups in total. The molecule has 0 saturated carbocycles. The Hall–Kier alpha value is -4.32. The van der Waals surface area contributed by atoms with Crippen molar-refractivity contribution in [3.63, 3.8) is 0 Å². The molecule has 0 fully saturated rings. The lowest BCUT2D eigenvalue weighted by Crippen LogP contribution is -2.27. The van der Waals surface area contributed by atoms with E-state index in [1.165, 1.54) is 0 Å². The van der Waals surface area contributed by atoms with Crippen LogP contribution < -0.4 is 11.1 Å². The molecule has 4 aromatic heterocycles. The fourth-order valence-corrected chi connectivity index (χ4v) is 4.97. The topological polar surface area (TPSA) is 124 Å². The van der Waals surface area contributed by atoms with Gasteiger partial charge < -0.3 is 11.1 Å². The summed E-state index contributed by atoms with van der Waals surface area (Å²) in [5.41, 5.74) is 11.3. The van der Waals surface area contributed by atoms with Crippen molar-refractivity contribution in [3.8, 4) is 17.1 Å². The number of aromatic nitrogens is 6. The maximum Gasteiger partial charge on any atom is 0.297 e. The smallest absolute Gasteiger partial charge is 0.297 e. The summed E-state index contributed by atoms with van der Waals surface area (Å²) < 4.78 is 28.1. The third kappa shape index (κ3) is 4.26. The highest BCUT2D eigenvalue weighted by molar-refractivity contribution is 9.10. The van der Waals surface area contributed by atoms with Gasteiger partial charge in [0.15, 0.2) is 17.3 Å². The van der Waals surface area contributed by atoms with Crippen molar-refractivity contribution >= 4 is 38.8 Å². The number of benzene rings is 1. The molecule has 1 aromatic carbocycles. The standard InChI is InChI=1S/C26H19BrF2N8O/c27-20-8-7-19-25(36-20)37(24(34-19)17-2-1-9-31-22(17)30)15-4-5-16-13(10-15)3-6-18(16)35-26(38)14-11-32-23(21(28)29)33-12-14/h1-2,4-5,7-12,18,21H,3,6H2,(H2,30,31)(H,35,38)/t18-/m0/s1. The van der Waals surface area contributed by atoms with Crippen molar-refractivity contribution in [1.82, 2.24) is 34.8 Å². The normalized spacial score (nSPS) is 14.7. The second kappa shape index (κ2) is 9.53. The number of nitrogens with zero attached hydrogens (tertiary/aromatic N) is 6. The van der Waals surface area contributed by atoms with E-state index in [2.05, 4.69) is 47.2 Å². The van der Waals surface area contributed by atoms with Crippen molar-refractivity contribution in [2.75, 3.05) is 5.73 Å². The van der Waals surface area contributed by atoms with Gasteiger partial charge in [-0.1, -0.05) is 6.07 Å². The third-order valence-corrected chi connectivity index (χ3v) is 6.89. The number of carbonyl (C=O) groups excluding carboxylic acids is 1. The predicted molar refractivity (Wildman–Crippen MR) is 140 cm³/mol. The number of pyridine rings is 2.